The van der Waals surface area contributed by atoms with Crippen molar-refractivity contribution in [1.82, 2.24) is 9.62 Å². The molecule has 2 saturated heterocycles. The number of ether oxygens (including phenoxy) is 1. The van der Waals surface area contributed by atoms with Crippen LogP contribution < -0.4 is 5.32 Å². The Morgan fingerprint density at radius 3 is 2.75 bits per heavy atom. The van der Waals surface area contributed by atoms with Crippen LogP contribution in [0.15, 0.2) is 21.7 Å². The second kappa shape index (κ2) is 7.95. The molecule has 1 N–H and O–H groups in total. The fraction of sp³-hybridized carbons (Fsp3) is 0.688. The maximum atomic E-state index is 12.5. The molecular weight excluding hydrogens is 348 g/mol. The lowest BCUT2D eigenvalue weighted by atomic mass is 9.94. The average molecular weight is 373 g/mol. The lowest BCUT2D eigenvalue weighted by Gasteiger charge is -2.30. The van der Waals surface area contributed by atoms with E-state index in [0.717, 1.165) is 32.3 Å². The van der Waals surface area contributed by atoms with Gasteiger partial charge in [0.15, 0.2) is 0 Å². The topological polar surface area (TPSA) is 75.7 Å². The molecule has 3 rings (SSSR count). The van der Waals surface area contributed by atoms with E-state index < -0.39 is 10.0 Å². The van der Waals surface area contributed by atoms with Crippen LogP contribution in [0.25, 0.3) is 0 Å². The molecule has 0 spiro atoms. The Labute approximate surface area is 147 Å². The van der Waals surface area contributed by atoms with Gasteiger partial charge in [-0.05, 0) is 43.0 Å². The van der Waals surface area contributed by atoms with Gasteiger partial charge >= 0.3 is 0 Å². The molecule has 8 heteroatoms. The van der Waals surface area contributed by atoms with Crippen LogP contribution in [0.1, 0.15) is 32.1 Å². The maximum Gasteiger partial charge on any atom is 0.252 e. The number of sulfonamides is 1. The van der Waals surface area contributed by atoms with E-state index in [4.69, 9.17) is 4.74 Å². The Morgan fingerprint density at radius 2 is 2.12 bits per heavy atom. The number of rotatable bonds is 6. The van der Waals surface area contributed by atoms with Gasteiger partial charge in [-0.1, -0.05) is 6.07 Å². The monoisotopic (exact) mass is 372 g/mol. The molecule has 0 saturated carbocycles. The molecule has 6 nitrogen and oxygen atoms in total. The van der Waals surface area contributed by atoms with Crippen molar-refractivity contribution in [2.45, 2.75) is 42.4 Å². The van der Waals surface area contributed by atoms with E-state index in [2.05, 4.69) is 5.32 Å². The molecule has 3 heterocycles. The third-order valence-electron chi connectivity index (χ3n) is 4.69. The predicted octanol–water partition coefficient (Wildman–Crippen LogP) is 1.83. The Kier molecular flexibility index (Phi) is 5.91. The summed E-state index contributed by atoms with van der Waals surface area (Å²) in [6.07, 6.45) is 4.18. The summed E-state index contributed by atoms with van der Waals surface area (Å²) in [4.78, 5) is 12.0. The lowest BCUT2D eigenvalue weighted by Crippen LogP contribution is -2.40. The van der Waals surface area contributed by atoms with Gasteiger partial charge in [-0.25, -0.2) is 8.42 Å². The molecular formula is C16H24N2O4S2. The first-order chi connectivity index (χ1) is 11.6. The number of amides is 1. The lowest BCUT2D eigenvalue weighted by molar-refractivity contribution is -0.122. The van der Waals surface area contributed by atoms with E-state index in [9.17, 15) is 13.2 Å². The minimum Gasteiger partial charge on any atom is -0.376 e. The molecule has 2 aliphatic rings. The van der Waals surface area contributed by atoms with Crippen LogP contribution in [-0.4, -0.2) is 51.0 Å². The van der Waals surface area contributed by atoms with Crippen LogP contribution in [0, 0.1) is 5.92 Å². The second-order valence-corrected chi connectivity index (χ2v) is 9.54. The van der Waals surface area contributed by atoms with Crippen molar-refractivity contribution in [3.05, 3.63) is 17.5 Å². The average Bonchev–Trinajstić information content (AvgIpc) is 3.27. The Morgan fingerprint density at radius 1 is 1.33 bits per heavy atom. The van der Waals surface area contributed by atoms with Crippen molar-refractivity contribution < 1.29 is 17.9 Å². The van der Waals surface area contributed by atoms with Crippen molar-refractivity contribution in [2.75, 3.05) is 26.2 Å². The fourth-order valence-electron chi connectivity index (χ4n) is 3.26. The van der Waals surface area contributed by atoms with Crippen LogP contribution in [-0.2, 0) is 19.6 Å². The predicted molar refractivity (Wildman–Crippen MR) is 92.4 cm³/mol. The van der Waals surface area contributed by atoms with Gasteiger partial charge < -0.3 is 10.1 Å². The summed E-state index contributed by atoms with van der Waals surface area (Å²) in [5.74, 6) is 0.300. The van der Waals surface area contributed by atoms with E-state index in [1.807, 2.05) is 0 Å². The highest BCUT2D eigenvalue weighted by molar-refractivity contribution is 7.91. The standard InChI is InChI=1S/C16H24N2O4S2/c19-15(17-12-14-3-1-9-22-14)11-13-5-7-18(8-6-13)24(20,21)16-4-2-10-23-16/h2,4,10,13-14H,1,3,5-9,11-12H2,(H,17,19). The summed E-state index contributed by atoms with van der Waals surface area (Å²) in [7, 11) is -3.36. The Hall–Kier alpha value is -0.960. The van der Waals surface area contributed by atoms with Gasteiger partial charge in [0.05, 0.1) is 6.10 Å². The van der Waals surface area contributed by atoms with Gasteiger partial charge in [-0.15, -0.1) is 11.3 Å². The van der Waals surface area contributed by atoms with E-state index in [1.165, 1.54) is 11.3 Å². The number of carbonyl (C=O) groups excluding carboxylic acids is 1. The molecule has 1 aromatic rings. The Bertz CT molecular complexity index is 631. The second-order valence-electron chi connectivity index (χ2n) is 6.42. The quantitative estimate of drug-likeness (QED) is 0.827. The summed E-state index contributed by atoms with van der Waals surface area (Å²) in [6.45, 7) is 2.36. The molecule has 1 atom stereocenters. The maximum absolute atomic E-state index is 12.5. The minimum absolute atomic E-state index is 0.0464. The summed E-state index contributed by atoms with van der Waals surface area (Å²) in [6, 6.07) is 3.40. The molecule has 1 aromatic heterocycles. The van der Waals surface area contributed by atoms with Crippen molar-refractivity contribution in [3.8, 4) is 0 Å². The normalized spacial score (nSPS) is 23.4. The van der Waals surface area contributed by atoms with Crippen LogP contribution in [0.5, 0.6) is 0 Å². The minimum atomic E-state index is -3.36. The molecule has 24 heavy (non-hydrogen) atoms. The zero-order chi connectivity index (χ0) is 17.0. The number of nitrogens with one attached hydrogen (secondary N) is 1. The van der Waals surface area contributed by atoms with Gasteiger partial charge in [-0.2, -0.15) is 4.31 Å². The van der Waals surface area contributed by atoms with Crippen LogP contribution >= 0.6 is 11.3 Å². The van der Waals surface area contributed by atoms with Gasteiger partial charge in [0.2, 0.25) is 5.91 Å². The number of hydrogen-bond donors (Lipinski definition) is 1. The fourth-order valence-corrected chi connectivity index (χ4v) is 5.87. The molecule has 0 radical (unpaired) electrons. The SMILES string of the molecule is O=C(CC1CCN(S(=O)(=O)c2cccs2)CC1)NCC1CCCO1. The van der Waals surface area contributed by atoms with Gasteiger partial charge in [0.25, 0.3) is 10.0 Å². The first-order valence-electron chi connectivity index (χ1n) is 8.47. The zero-order valence-electron chi connectivity index (χ0n) is 13.6. The van der Waals surface area contributed by atoms with Crippen LogP contribution in [0.2, 0.25) is 0 Å². The third-order valence-corrected chi connectivity index (χ3v) is 7.96. The molecule has 0 aliphatic carbocycles. The number of thiophene rings is 1. The van der Waals surface area contributed by atoms with Crippen molar-refractivity contribution in [3.63, 3.8) is 0 Å². The Balaban J connectivity index is 1.42. The van der Waals surface area contributed by atoms with Crippen molar-refractivity contribution in [2.24, 2.45) is 5.92 Å². The molecule has 2 aliphatic heterocycles. The zero-order valence-corrected chi connectivity index (χ0v) is 15.3. The van der Waals surface area contributed by atoms with Gasteiger partial charge in [0, 0.05) is 32.7 Å². The molecule has 0 bridgehead atoms. The molecule has 0 aromatic carbocycles. The highest BCUT2D eigenvalue weighted by Crippen LogP contribution is 2.27. The highest BCUT2D eigenvalue weighted by atomic mass is 32.2. The summed E-state index contributed by atoms with van der Waals surface area (Å²) >= 11 is 1.25. The first kappa shape index (κ1) is 17.8. The van der Waals surface area contributed by atoms with Crippen LogP contribution in [0.3, 0.4) is 0 Å². The van der Waals surface area contributed by atoms with Crippen molar-refractivity contribution in [1.29, 1.82) is 0 Å². The van der Waals surface area contributed by atoms with Gasteiger partial charge in [0.1, 0.15) is 4.21 Å². The number of carbonyl (C=O) groups is 1. The number of piperidine rings is 1. The van der Waals surface area contributed by atoms with E-state index in [1.54, 1.807) is 21.8 Å². The van der Waals surface area contributed by atoms with E-state index >= 15 is 0 Å². The molecule has 134 valence electrons. The van der Waals surface area contributed by atoms with E-state index in [0.29, 0.717) is 30.3 Å². The molecule has 2 fully saturated rings. The molecule has 1 amide bonds. The third kappa shape index (κ3) is 4.36. The smallest absolute Gasteiger partial charge is 0.252 e. The number of hydrogen-bond acceptors (Lipinski definition) is 5. The van der Waals surface area contributed by atoms with E-state index in [-0.39, 0.29) is 17.9 Å². The highest BCUT2D eigenvalue weighted by Gasteiger charge is 2.30. The van der Waals surface area contributed by atoms with Crippen molar-refractivity contribution >= 4 is 27.3 Å². The first-order valence-corrected chi connectivity index (χ1v) is 10.8. The molecule has 1 unspecified atom stereocenters. The number of nitrogens with zero attached hydrogens (tertiary/aromatic N) is 1. The summed E-state index contributed by atoms with van der Waals surface area (Å²) in [5, 5.41) is 4.72. The summed E-state index contributed by atoms with van der Waals surface area (Å²) < 4.78 is 32.4. The van der Waals surface area contributed by atoms with Gasteiger partial charge in [-0.3, -0.25) is 4.79 Å². The largest absolute Gasteiger partial charge is 0.376 e. The van der Waals surface area contributed by atoms with Crippen LogP contribution in [0.4, 0.5) is 0 Å². The summed E-state index contributed by atoms with van der Waals surface area (Å²) in [5.41, 5.74) is 0.